The Hall–Kier alpha value is -2.82. The number of phenolic OH excluding ortho intramolecular Hbond substituents is 1. The van der Waals surface area contributed by atoms with Crippen molar-refractivity contribution in [1.29, 1.82) is 0 Å². The average molecular weight is 473 g/mol. The van der Waals surface area contributed by atoms with Gasteiger partial charge in [-0.05, 0) is 103 Å². The van der Waals surface area contributed by atoms with Crippen molar-refractivity contribution in [3.8, 4) is 5.75 Å². The van der Waals surface area contributed by atoms with Crippen LogP contribution in [0.1, 0.15) is 56.6 Å². The molecule has 1 unspecified atom stereocenters. The maximum absolute atomic E-state index is 9.90. The highest BCUT2D eigenvalue weighted by molar-refractivity contribution is 5.85. The molecule has 186 valence electrons. The van der Waals surface area contributed by atoms with Gasteiger partial charge in [-0.25, -0.2) is 0 Å². The molecule has 1 saturated heterocycles. The number of likely N-dealkylation sites (tertiary alicyclic amines) is 1. The van der Waals surface area contributed by atoms with Crippen molar-refractivity contribution in [2.24, 2.45) is 5.92 Å². The summed E-state index contributed by atoms with van der Waals surface area (Å²) in [6.45, 7) is 6.91. The summed E-state index contributed by atoms with van der Waals surface area (Å²) in [5.41, 5.74) is 7.19. The van der Waals surface area contributed by atoms with E-state index in [1.54, 1.807) is 12.1 Å². The molecule has 0 amide bonds. The van der Waals surface area contributed by atoms with Gasteiger partial charge in [0.2, 0.25) is 0 Å². The maximum atomic E-state index is 9.90. The first-order valence-electron chi connectivity index (χ1n) is 13.2. The van der Waals surface area contributed by atoms with Gasteiger partial charge >= 0.3 is 0 Å². The van der Waals surface area contributed by atoms with E-state index < -0.39 is 0 Å². The number of piperidine rings is 1. The van der Waals surface area contributed by atoms with Crippen molar-refractivity contribution in [3.63, 3.8) is 0 Å². The van der Waals surface area contributed by atoms with E-state index in [1.807, 2.05) is 12.1 Å². The number of aliphatic hydroxyl groups excluding tert-OH is 1. The largest absolute Gasteiger partial charge is 0.508 e. The van der Waals surface area contributed by atoms with Crippen LogP contribution in [0.2, 0.25) is 0 Å². The van der Waals surface area contributed by atoms with Crippen molar-refractivity contribution >= 4 is 11.3 Å². The molecule has 4 heteroatoms. The lowest BCUT2D eigenvalue weighted by atomic mass is 9.82. The fourth-order valence-electron chi connectivity index (χ4n) is 5.21. The zero-order chi connectivity index (χ0) is 24.5. The van der Waals surface area contributed by atoms with Crippen molar-refractivity contribution in [2.75, 3.05) is 38.1 Å². The van der Waals surface area contributed by atoms with Crippen LogP contribution in [-0.4, -0.2) is 47.9 Å². The third kappa shape index (κ3) is 7.09. The van der Waals surface area contributed by atoms with Gasteiger partial charge in [0.05, 0.1) is 0 Å². The van der Waals surface area contributed by atoms with Crippen LogP contribution in [0, 0.1) is 5.92 Å². The number of nitrogens with zero attached hydrogens (tertiary/aromatic N) is 1. The van der Waals surface area contributed by atoms with Gasteiger partial charge in [-0.2, -0.15) is 0 Å². The van der Waals surface area contributed by atoms with E-state index in [0.29, 0.717) is 5.92 Å². The molecule has 3 N–H and O–H groups in total. The van der Waals surface area contributed by atoms with Crippen molar-refractivity contribution in [3.05, 3.63) is 89.0 Å². The number of rotatable bonds is 10. The van der Waals surface area contributed by atoms with Crippen LogP contribution in [0.5, 0.6) is 5.75 Å². The Morgan fingerprint density at radius 2 is 1.66 bits per heavy atom. The molecule has 1 aliphatic carbocycles. The van der Waals surface area contributed by atoms with Crippen LogP contribution < -0.4 is 5.32 Å². The molecule has 4 rings (SSSR count). The number of hydrogen-bond donors (Lipinski definition) is 3. The SMILES string of the molecule is CC1C=CC=C(/C(CCCO)=C(/c2ccc(O)cc2)c2ccc(NCCN3CCCCC3)cc2)C1. The minimum absolute atomic E-state index is 0.172. The summed E-state index contributed by atoms with van der Waals surface area (Å²) in [4.78, 5) is 2.55. The molecular weight excluding hydrogens is 432 g/mol. The monoisotopic (exact) mass is 472 g/mol. The fourth-order valence-corrected chi connectivity index (χ4v) is 5.21. The number of hydrogen-bond acceptors (Lipinski definition) is 4. The highest BCUT2D eigenvalue weighted by Gasteiger charge is 2.18. The van der Waals surface area contributed by atoms with Crippen LogP contribution >= 0.6 is 0 Å². The maximum Gasteiger partial charge on any atom is 0.115 e. The summed E-state index contributed by atoms with van der Waals surface area (Å²) in [5, 5.41) is 23.1. The number of aromatic hydroxyl groups is 1. The first-order valence-corrected chi connectivity index (χ1v) is 13.2. The van der Waals surface area contributed by atoms with Crippen LogP contribution in [0.15, 0.2) is 77.9 Å². The topological polar surface area (TPSA) is 55.7 Å². The van der Waals surface area contributed by atoms with E-state index in [1.165, 1.54) is 49.1 Å². The van der Waals surface area contributed by atoms with Crippen LogP contribution in [0.25, 0.3) is 5.57 Å². The van der Waals surface area contributed by atoms with Crippen molar-refractivity contribution in [2.45, 2.75) is 45.4 Å². The number of allylic oxidation sites excluding steroid dienone is 5. The third-order valence-corrected chi connectivity index (χ3v) is 7.09. The van der Waals surface area contributed by atoms with Gasteiger partial charge in [0, 0.05) is 25.4 Å². The molecule has 1 aliphatic heterocycles. The second kappa shape index (κ2) is 12.8. The normalized spacial score (nSPS) is 19.3. The lowest BCUT2D eigenvalue weighted by Crippen LogP contribution is -2.33. The third-order valence-electron chi connectivity index (χ3n) is 7.09. The first-order chi connectivity index (χ1) is 17.1. The molecule has 2 aromatic carbocycles. The Labute approximate surface area is 210 Å². The summed E-state index contributed by atoms with van der Waals surface area (Å²) in [7, 11) is 0. The molecule has 0 aromatic heterocycles. The number of benzene rings is 2. The van der Waals surface area contributed by atoms with Crippen molar-refractivity contribution in [1.82, 2.24) is 4.90 Å². The second-order valence-corrected chi connectivity index (χ2v) is 9.89. The zero-order valence-corrected chi connectivity index (χ0v) is 21.0. The van der Waals surface area contributed by atoms with Gasteiger partial charge in [0.25, 0.3) is 0 Å². The Kier molecular flexibility index (Phi) is 9.21. The van der Waals surface area contributed by atoms with Crippen LogP contribution in [0.4, 0.5) is 5.69 Å². The lowest BCUT2D eigenvalue weighted by Gasteiger charge is -2.26. The molecule has 2 aromatic rings. The molecular formula is C31H40N2O2. The zero-order valence-electron chi connectivity index (χ0n) is 21.0. The molecule has 0 saturated carbocycles. The minimum Gasteiger partial charge on any atom is -0.508 e. The van der Waals surface area contributed by atoms with E-state index in [9.17, 15) is 10.2 Å². The van der Waals surface area contributed by atoms with Gasteiger partial charge in [-0.3, -0.25) is 0 Å². The second-order valence-electron chi connectivity index (χ2n) is 9.89. The Morgan fingerprint density at radius 1 is 0.971 bits per heavy atom. The van der Waals surface area contributed by atoms with E-state index in [2.05, 4.69) is 59.6 Å². The van der Waals surface area contributed by atoms with Gasteiger partial charge < -0.3 is 20.4 Å². The highest BCUT2D eigenvalue weighted by atomic mass is 16.3. The smallest absolute Gasteiger partial charge is 0.115 e. The van der Waals surface area contributed by atoms with Crippen LogP contribution in [0.3, 0.4) is 0 Å². The van der Waals surface area contributed by atoms with E-state index >= 15 is 0 Å². The van der Waals surface area contributed by atoms with Crippen molar-refractivity contribution < 1.29 is 10.2 Å². The summed E-state index contributed by atoms with van der Waals surface area (Å²) in [6, 6.07) is 16.3. The Morgan fingerprint density at radius 3 is 2.31 bits per heavy atom. The molecule has 2 aliphatic rings. The Bertz CT molecular complexity index is 1030. The minimum atomic E-state index is 0.172. The van der Waals surface area contributed by atoms with Gasteiger partial charge in [-0.1, -0.05) is 55.8 Å². The van der Waals surface area contributed by atoms with Gasteiger partial charge in [0.15, 0.2) is 0 Å². The summed E-state index contributed by atoms with van der Waals surface area (Å²) in [5.74, 6) is 0.762. The van der Waals surface area contributed by atoms with E-state index in [0.717, 1.165) is 49.2 Å². The first kappa shape index (κ1) is 25.3. The Balaban J connectivity index is 1.62. The molecule has 0 radical (unpaired) electrons. The predicted molar refractivity (Wildman–Crippen MR) is 147 cm³/mol. The van der Waals surface area contributed by atoms with E-state index in [4.69, 9.17) is 0 Å². The standard InChI is InChI=1S/C31H40N2O2/c1-24-7-5-8-27(23-24)30(9-6-22-34)31(26-12-16-29(35)17-13-26)25-10-14-28(15-11-25)32-18-21-33-19-3-2-4-20-33/h5,7-8,10-17,24,32,34-35H,2-4,6,9,18-23H2,1H3/b31-30+. The average Bonchev–Trinajstić information content (AvgIpc) is 2.89. The summed E-state index contributed by atoms with van der Waals surface area (Å²) < 4.78 is 0. The molecule has 1 heterocycles. The quantitative estimate of drug-likeness (QED) is 0.375. The number of nitrogens with one attached hydrogen (secondary N) is 1. The molecule has 0 bridgehead atoms. The lowest BCUT2D eigenvalue weighted by molar-refractivity contribution is 0.237. The fraction of sp³-hybridized carbons (Fsp3) is 0.419. The van der Waals surface area contributed by atoms with E-state index in [-0.39, 0.29) is 12.4 Å². The van der Waals surface area contributed by atoms with Gasteiger partial charge in [0.1, 0.15) is 5.75 Å². The molecule has 4 nitrogen and oxygen atoms in total. The molecule has 0 spiro atoms. The number of anilines is 1. The van der Waals surface area contributed by atoms with Crippen LogP contribution in [-0.2, 0) is 0 Å². The molecule has 35 heavy (non-hydrogen) atoms. The molecule has 1 atom stereocenters. The summed E-state index contributed by atoms with van der Waals surface area (Å²) >= 11 is 0. The summed E-state index contributed by atoms with van der Waals surface area (Å²) in [6.07, 6.45) is 13.2. The van der Waals surface area contributed by atoms with Gasteiger partial charge in [-0.15, -0.1) is 0 Å². The highest BCUT2D eigenvalue weighted by Crippen LogP contribution is 2.37. The number of aliphatic hydroxyl groups is 1. The number of phenols is 1. The molecule has 1 fully saturated rings. The predicted octanol–water partition coefficient (Wildman–Crippen LogP) is 6.39.